The summed E-state index contributed by atoms with van der Waals surface area (Å²) < 4.78 is 24.8. The first-order valence-corrected chi connectivity index (χ1v) is 8.89. The molecule has 0 bridgehead atoms. The number of carbonyl (C=O) groups is 1. The van der Waals surface area contributed by atoms with Crippen LogP contribution in [0.1, 0.15) is 25.7 Å². The highest BCUT2D eigenvalue weighted by atomic mass is 19.1. The molecule has 7 nitrogen and oxygen atoms in total. The highest BCUT2D eigenvalue weighted by molar-refractivity contribution is 5.77. The molecule has 136 valence electrons. The van der Waals surface area contributed by atoms with Gasteiger partial charge in [-0.25, -0.2) is 14.4 Å². The number of hydrogen-bond donors (Lipinski definition) is 0. The minimum absolute atomic E-state index is 0.0550. The van der Waals surface area contributed by atoms with Gasteiger partial charge >= 0.3 is 0 Å². The topological polar surface area (TPSA) is 67.8 Å². The van der Waals surface area contributed by atoms with Gasteiger partial charge < -0.3 is 19.3 Å². The molecule has 3 saturated heterocycles. The molecule has 1 aromatic rings. The lowest BCUT2D eigenvalue weighted by Gasteiger charge is -2.23. The van der Waals surface area contributed by atoms with Crippen molar-refractivity contribution in [3.63, 3.8) is 0 Å². The predicted octanol–water partition coefficient (Wildman–Crippen LogP) is 0.992. The first-order valence-electron chi connectivity index (χ1n) is 8.89. The lowest BCUT2D eigenvalue weighted by Crippen LogP contribution is -2.35. The highest BCUT2D eigenvalue weighted by Crippen LogP contribution is 2.37. The van der Waals surface area contributed by atoms with E-state index in [1.807, 2.05) is 9.80 Å². The second-order valence-electron chi connectivity index (χ2n) is 7.09. The third kappa shape index (κ3) is 3.59. The standard InChI is InChI=1S/C17H23FN4O3/c18-13-8-19-16(20-9-13)22-6-3-17(12-22)7-14(10-25-17)24-11-15(23)21-4-1-2-5-21/h8-9,14H,1-7,10-12H2/t14-,17+/m1/s1. The van der Waals surface area contributed by atoms with E-state index in [1.54, 1.807) is 0 Å². The van der Waals surface area contributed by atoms with Crippen LogP contribution in [0.3, 0.4) is 0 Å². The lowest BCUT2D eigenvalue weighted by atomic mass is 9.98. The van der Waals surface area contributed by atoms with Crippen LogP contribution in [0.15, 0.2) is 12.4 Å². The summed E-state index contributed by atoms with van der Waals surface area (Å²) in [5, 5.41) is 0. The maximum Gasteiger partial charge on any atom is 0.248 e. The molecule has 3 aliphatic rings. The molecule has 4 heterocycles. The van der Waals surface area contributed by atoms with Crippen molar-refractivity contribution in [2.75, 3.05) is 44.3 Å². The Bertz CT molecular complexity index is 623. The zero-order chi connectivity index (χ0) is 17.3. The first kappa shape index (κ1) is 16.7. The van der Waals surface area contributed by atoms with E-state index < -0.39 is 5.82 Å². The zero-order valence-corrected chi connectivity index (χ0v) is 14.2. The van der Waals surface area contributed by atoms with E-state index in [4.69, 9.17) is 9.47 Å². The summed E-state index contributed by atoms with van der Waals surface area (Å²) in [7, 11) is 0. The molecule has 8 heteroatoms. The van der Waals surface area contributed by atoms with Crippen LogP contribution in [0.25, 0.3) is 0 Å². The van der Waals surface area contributed by atoms with Gasteiger partial charge in [-0.3, -0.25) is 4.79 Å². The molecule has 1 amide bonds. The van der Waals surface area contributed by atoms with Crippen LogP contribution in [0.5, 0.6) is 0 Å². The lowest BCUT2D eigenvalue weighted by molar-refractivity contribution is -0.137. The number of nitrogens with zero attached hydrogens (tertiary/aromatic N) is 4. The summed E-state index contributed by atoms with van der Waals surface area (Å²) in [5.41, 5.74) is -0.279. The molecule has 0 aliphatic carbocycles. The van der Waals surface area contributed by atoms with Gasteiger partial charge in [0.2, 0.25) is 11.9 Å². The smallest absolute Gasteiger partial charge is 0.248 e. The number of hydrogen-bond acceptors (Lipinski definition) is 6. The predicted molar refractivity (Wildman–Crippen MR) is 87.7 cm³/mol. The van der Waals surface area contributed by atoms with Crippen LogP contribution >= 0.6 is 0 Å². The van der Waals surface area contributed by atoms with Gasteiger partial charge in [0, 0.05) is 26.1 Å². The van der Waals surface area contributed by atoms with Crippen LogP contribution < -0.4 is 4.90 Å². The fourth-order valence-corrected chi connectivity index (χ4v) is 3.93. The van der Waals surface area contributed by atoms with E-state index in [1.165, 1.54) is 12.4 Å². The summed E-state index contributed by atoms with van der Waals surface area (Å²) in [6.45, 7) is 3.77. The largest absolute Gasteiger partial charge is 0.370 e. The molecule has 1 aromatic heterocycles. The van der Waals surface area contributed by atoms with Gasteiger partial charge in [0.1, 0.15) is 6.61 Å². The van der Waals surface area contributed by atoms with Crippen molar-refractivity contribution < 1.29 is 18.7 Å². The van der Waals surface area contributed by atoms with Gasteiger partial charge in [-0.2, -0.15) is 0 Å². The van der Waals surface area contributed by atoms with Crippen molar-refractivity contribution in [2.24, 2.45) is 0 Å². The van der Waals surface area contributed by atoms with E-state index in [-0.39, 0.29) is 24.2 Å². The molecule has 4 rings (SSSR count). The summed E-state index contributed by atoms with van der Waals surface area (Å²) in [6.07, 6.45) is 6.09. The Morgan fingerprint density at radius 3 is 2.84 bits per heavy atom. The quantitative estimate of drug-likeness (QED) is 0.807. The molecular formula is C17H23FN4O3. The molecule has 0 saturated carbocycles. The number of aromatic nitrogens is 2. The Morgan fingerprint density at radius 1 is 1.32 bits per heavy atom. The van der Waals surface area contributed by atoms with Gasteiger partial charge in [-0.05, 0) is 19.3 Å². The fraction of sp³-hybridized carbons (Fsp3) is 0.706. The number of anilines is 1. The van der Waals surface area contributed by atoms with Crippen LogP contribution in [-0.4, -0.2) is 71.9 Å². The molecule has 0 N–H and O–H groups in total. The third-order valence-corrected chi connectivity index (χ3v) is 5.28. The molecule has 3 aliphatic heterocycles. The molecular weight excluding hydrogens is 327 g/mol. The summed E-state index contributed by atoms with van der Waals surface area (Å²) in [6, 6.07) is 0. The SMILES string of the molecule is O=C(CO[C@H]1CO[C@@]2(CCN(c3ncc(F)cn3)C2)C1)N1CCCC1. The monoisotopic (exact) mass is 350 g/mol. The Hall–Kier alpha value is -1.80. The number of ether oxygens (including phenoxy) is 2. The van der Waals surface area contributed by atoms with Crippen LogP contribution in [0, 0.1) is 5.82 Å². The van der Waals surface area contributed by atoms with Gasteiger partial charge in [0.25, 0.3) is 0 Å². The normalized spacial score (nSPS) is 29.1. The van der Waals surface area contributed by atoms with Gasteiger partial charge in [-0.15, -0.1) is 0 Å². The molecule has 3 fully saturated rings. The number of carbonyl (C=O) groups excluding carboxylic acids is 1. The summed E-state index contributed by atoms with van der Waals surface area (Å²) in [5.74, 6) is 0.160. The van der Waals surface area contributed by atoms with Crippen molar-refractivity contribution in [3.05, 3.63) is 18.2 Å². The third-order valence-electron chi connectivity index (χ3n) is 5.28. The van der Waals surface area contributed by atoms with Crippen LogP contribution in [0.2, 0.25) is 0 Å². The summed E-state index contributed by atoms with van der Waals surface area (Å²) >= 11 is 0. The van der Waals surface area contributed by atoms with Gasteiger partial charge in [0.15, 0.2) is 5.82 Å². The second kappa shape index (κ2) is 6.84. The van der Waals surface area contributed by atoms with E-state index in [9.17, 15) is 9.18 Å². The Labute approximate surface area is 146 Å². The Kier molecular flexibility index (Phi) is 4.56. The Morgan fingerprint density at radius 2 is 2.08 bits per heavy atom. The molecule has 2 atom stereocenters. The zero-order valence-electron chi connectivity index (χ0n) is 14.2. The fourth-order valence-electron chi connectivity index (χ4n) is 3.93. The van der Waals surface area contributed by atoms with E-state index in [0.717, 1.165) is 45.3 Å². The number of rotatable bonds is 4. The molecule has 1 spiro atoms. The van der Waals surface area contributed by atoms with Crippen LogP contribution in [0.4, 0.5) is 10.3 Å². The average molecular weight is 350 g/mol. The first-order chi connectivity index (χ1) is 12.1. The minimum atomic E-state index is -0.439. The van der Waals surface area contributed by atoms with Gasteiger partial charge in [-0.1, -0.05) is 0 Å². The number of amides is 1. The number of halogens is 1. The molecule has 0 aromatic carbocycles. The average Bonchev–Trinajstić information content (AvgIpc) is 3.36. The number of likely N-dealkylation sites (tertiary alicyclic amines) is 1. The van der Waals surface area contributed by atoms with E-state index >= 15 is 0 Å². The molecule has 25 heavy (non-hydrogen) atoms. The Balaban J connectivity index is 1.28. The van der Waals surface area contributed by atoms with Crippen molar-refractivity contribution in [1.29, 1.82) is 0 Å². The summed E-state index contributed by atoms with van der Waals surface area (Å²) in [4.78, 5) is 24.0. The minimum Gasteiger partial charge on any atom is -0.370 e. The highest BCUT2D eigenvalue weighted by Gasteiger charge is 2.46. The maximum atomic E-state index is 13.0. The second-order valence-corrected chi connectivity index (χ2v) is 7.09. The van der Waals surface area contributed by atoms with E-state index in [2.05, 4.69) is 9.97 Å². The van der Waals surface area contributed by atoms with E-state index in [0.29, 0.717) is 19.1 Å². The molecule has 0 radical (unpaired) electrons. The van der Waals surface area contributed by atoms with Crippen molar-refractivity contribution >= 4 is 11.9 Å². The van der Waals surface area contributed by atoms with Crippen molar-refractivity contribution in [2.45, 2.75) is 37.4 Å². The van der Waals surface area contributed by atoms with Gasteiger partial charge in [0.05, 0.1) is 37.3 Å². The van der Waals surface area contributed by atoms with Crippen molar-refractivity contribution in [1.82, 2.24) is 14.9 Å². The maximum absolute atomic E-state index is 13.0. The van der Waals surface area contributed by atoms with Crippen molar-refractivity contribution in [3.8, 4) is 0 Å². The molecule has 0 unspecified atom stereocenters. The van der Waals surface area contributed by atoms with Crippen LogP contribution in [-0.2, 0) is 14.3 Å².